The van der Waals surface area contributed by atoms with Crippen molar-refractivity contribution in [2.24, 2.45) is 5.92 Å². The molecule has 0 unspecified atom stereocenters. The molecule has 0 aliphatic rings. The summed E-state index contributed by atoms with van der Waals surface area (Å²) in [5.74, 6) is 0.918. The van der Waals surface area contributed by atoms with Gasteiger partial charge in [0.15, 0.2) is 0 Å². The van der Waals surface area contributed by atoms with Gasteiger partial charge in [-0.05, 0) is 0 Å². The molecule has 0 spiro atoms. The first-order valence-corrected chi connectivity index (χ1v) is 7.93. The Bertz CT molecular complexity index is 84.8. The van der Waals surface area contributed by atoms with Crippen molar-refractivity contribution in [3.63, 3.8) is 0 Å². The molecule has 11 heavy (non-hydrogen) atoms. The first-order valence-electron chi connectivity index (χ1n) is 5.10. The van der Waals surface area contributed by atoms with E-state index < -0.39 is 7.26 Å². The summed E-state index contributed by atoms with van der Waals surface area (Å²) in [6.45, 7) is 11.9. The van der Waals surface area contributed by atoms with Crippen LogP contribution in [0, 0.1) is 5.92 Å². The van der Waals surface area contributed by atoms with Crippen LogP contribution < -0.4 is 0 Å². The predicted octanol–water partition coefficient (Wildman–Crippen LogP) is 3.45. The molecule has 0 saturated carbocycles. The fourth-order valence-electron chi connectivity index (χ4n) is 2.05. The molecule has 0 N–H and O–H groups in total. The van der Waals surface area contributed by atoms with Crippen LogP contribution in [-0.2, 0) is 0 Å². The summed E-state index contributed by atoms with van der Waals surface area (Å²) in [6.07, 6.45) is 5.99. The third kappa shape index (κ3) is 3.56. The van der Waals surface area contributed by atoms with E-state index >= 15 is 0 Å². The van der Waals surface area contributed by atoms with Gasteiger partial charge in [0.1, 0.15) is 0 Å². The van der Waals surface area contributed by atoms with E-state index in [-0.39, 0.29) is 0 Å². The van der Waals surface area contributed by atoms with Gasteiger partial charge in [-0.3, -0.25) is 0 Å². The monoisotopic (exact) mass is 176 g/mol. The summed E-state index contributed by atoms with van der Waals surface area (Å²) in [5.41, 5.74) is 0. The summed E-state index contributed by atoms with van der Waals surface area (Å²) < 4.78 is 0. The van der Waals surface area contributed by atoms with Crippen LogP contribution in [0.2, 0.25) is 0 Å². The van der Waals surface area contributed by atoms with Crippen LogP contribution in [0.15, 0.2) is 0 Å². The zero-order chi connectivity index (χ0) is 8.91. The molecule has 0 aromatic heterocycles. The Morgan fingerprint density at radius 1 is 0.909 bits per heavy atom. The zero-order valence-electron chi connectivity index (χ0n) is 8.91. The van der Waals surface area contributed by atoms with Crippen LogP contribution in [-0.4, -0.2) is 24.6 Å². The van der Waals surface area contributed by atoms with Gasteiger partial charge in [-0.1, -0.05) is 0 Å². The number of rotatable bonds is 5. The van der Waals surface area contributed by atoms with Gasteiger partial charge in [0.2, 0.25) is 0 Å². The Labute approximate surface area is 73.1 Å². The SMILES string of the molecule is CC[PH](CC)(CC)CC(C)C. The summed E-state index contributed by atoms with van der Waals surface area (Å²) in [7, 11) is -0.780. The molecule has 0 fully saturated rings. The van der Waals surface area contributed by atoms with Crippen LogP contribution in [0.5, 0.6) is 0 Å². The number of hydrogen-bond acceptors (Lipinski definition) is 0. The third-order valence-electron chi connectivity index (χ3n) is 3.09. The van der Waals surface area contributed by atoms with E-state index in [4.69, 9.17) is 0 Å². The molecule has 0 radical (unpaired) electrons. The van der Waals surface area contributed by atoms with Gasteiger partial charge in [-0.25, -0.2) is 0 Å². The van der Waals surface area contributed by atoms with Crippen LogP contribution in [0.1, 0.15) is 34.6 Å². The minimum atomic E-state index is -0.780. The summed E-state index contributed by atoms with van der Waals surface area (Å²) in [4.78, 5) is 0. The molecule has 0 aliphatic carbocycles. The molecule has 70 valence electrons. The van der Waals surface area contributed by atoms with Crippen LogP contribution in [0.4, 0.5) is 0 Å². The Morgan fingerprint density at radius 2 is 1.27 bits per heavy atom. The van der Waals surface area contributed by atoms with Gasteiger partial charge in [0.25, 0.3) is 0 Å². The van der Waals surface area contributed by atoms with Crippen molar-refractivity contribution in [2.45, 2.75) is 34.6 Å². The number of hydrogen-bond donors (Lipinski definition) is 0. The molecule has 0 heterocycles. The molecule has 0 amide bonds. The molecular formula is C10H25P. The molecule has 1 heteroatoms. The van der Waals surface area contributed by atoms with Gasteiger partial charge in [-0.2, -0.15) is 0 Å². The van der Waals surface area contributed by atoms with Gasteiger partial charge in [0.05, 0.1) is 0 Å². The maximum atomic E-state index is 2.39. The van der Waals surface area contributed by atoms with E-state index in [0.29, 0.717) is 0 Å². The zero-order valence-corrected chi connectivity index (χ0v) is 9.91. The van der Waals surface area contributed by atoms with Gasteiger partial charge < -0.3 is 0 Å². The molecule has 0 rings (SSSR count). The summed E-state index contributed by atoms with van der Waals surface area (Å²) >= 11 is 0. The quantitative estimate of drug-likeness (QED) is 0.563. The second-order valence-corrected chi connectivity index (χ2v) is 9.69. The predicted molar refractivity (Wildman–Crippen MR) is 59.6 cm³/mol. The van der Waals surface area contributed by atoms with Crippen molar-refractivity contribution in [2.75, 3.05) is 24.6 Å². The van der Waals surface area contributed by atoms with Crippen molar-refractivity contribution in [3.8, 4) is 0 Å². The fourth-order valence-corrected chi connectivity index (χ4v) is 6.15. The van der Waals surface area contributed by atoms with Gasteiger partial charge in [0, 0.05) is 0 Å². The molecule has 0 aromatic carbocycles. The molecule has 0 aromatic rings. The Balaban J connectivity index is 4.05. The fraction of sp³-hybridized carbons (Fsp3) is 1.00. The van der Waals surface area contributed by atoms with E-state index in [1.54, 1.807) is 0 Å². The standard InChI is InChI=1S/C10H25P/c1-6-11(7-2,8-3)9-10(4)5/h10-11H,6-9H2,1-5H3. The Morgan fingerprint density at radius 3 is 1.36 bits per heavy atom. The minimum absolute atomic E-state index is 0.780. The third-order valence-corrected chi connectivity index (χ3v) is 9.27. The van der Waals surface area contributed by atoms with Crippen molar-refractivity contribution in [3.05, 3.63) is 0 Å². The molecular weight excluding hydrogens is 151 g/mol. The van der Waals surface area contributed by atoms with Crippen molar-refractivity contribution < 1.29 is 0 Å². The maximum absolute atomic E-state index is 2.39. The average molecular weight is 176 g/mol. The van der Waals surface area contributed by atoms with Crippen LogP contribution >= 0.6 is 7.26 Å². The second kappa shape index (κ2) is 5.14. The van der Waals surface area contributed by atoms with E-state index in [1.165, 1.54) is 24.6 Å². The van der Waals surface area contributed by atoms with E-state index in [1.807, 2.05) is 0 Å². The van der Waals surface area contributed by atoms with E-state index in [2.05, 4.69) is 34.6 Å². The Hall–Kier alpha value is 0.430. The second-order valence-electron chi connectivity index (χ2n) is 4.16. The normalized spacial score (nSPS) is 14.0. The van der Waals surface area contributed by atoms with Crippen LogP contribution in [0.3, 0.4) is 0 Å². The first-order chi connectivity index (χ1) is 5.10. The molecule has 0 atom stereocenters. The van der Waals surface area contributed by atoms with E-state index in [9.17, 15) is 0 Å². The Kier molecular flexibility index (Phi) is 5.34. The van der Waals surface area contributed by atoms with Gasteiger partial charge >= 0.3 is 72.4 Å². The van der Waals surface area contributed by atoms with Crippen molar-refractivity contribution >= 4 is 7.26 Å². The first kappa shape index (κ1) is 11.4. The van der Waals surface area contributed by atoms with Crippen molar-refractivity contribution in [1.82, 2.24) is 0 Å². The average Bonchev–Trinajstić information content (AvgIpc) is 2.00. The molecule has 0 aliphatic heterocycles. The van der Waals surface area contributed by atoms with Crippen molar-refractivity contribution in [1.29, 1.82) is 0 Å². The molecule has 0 saturated heterocycles. The molecule has 0 bridgehead atoms. The van der Waals surface area contributed by atoms with E-state index in [0.717, 1.165) is 5.92 Å². The topological polar surface area (TPSA) is 0 Å². The molecule has 0 nitrogen and oxygen atoms in total. The van der Waals surface area contributed by atoms with Gasteiger partial charge in [-0.15, -0.1) is 0 Å². The summed E-state index contributed by atoms with van der Waals surface area (Å²) in [6, 6.07) is 0. The van der Waals surface area contributed by atoms with Crippen LogP contribution in [0.25, 0.3) is 0 Å². The summed E-state index contributed by atoms with van der Waals surface area (Å²) in [5, 5.41) is 0.